The molecule has 2 heterocycles. The van der Waals surface area contributed by atoms with Crippen molar-refractivity contribution in [1.82, 2.24) is 9.97 Å². The Bertz CT molecular complexity index is 384. The van der Waals surface area contributed by atoms with Crippen LogP contribution in [0.3, 0.4) is 0 Å². The van der Waals surface area contributed by atoms with Crippen LogP contribution in [0, 0.1) is 5.92 Å². The minimum absolute atomic E-state index is 0.422. The molecule has 0 aromatic carbocycles. The van der Waals surface area contributed by atoms with Gasteiger partial charge in [0, 0.05) is 39.5 Å². The highest BCUT2D eigenvalue weighted by atomic mass is 16.5. The van der Waals surface area contributed by atoms with E-state index in [0.717, 1.165) is 50.8 Å². The third kappa shape index (κ3) is 4.61. The van der Waals surface area contributed by atoms with Crippen molar-refractivity contribution in [3.05, 3.63) is 11.9 Å². The first-order chi connectivity index (χ1) is 9.81. The predicted molar refractivity (Wildman–Crippen MR) is 78.9 cm³/mol. The summed E-state index contributed by atoms with van der Waals surface area (Å²) in [5.74, 6) is 3.05. The summed E-state index contributed by atoms with van der Waals surface area (Å²) in [6, 6.07) is 1.95. The van der Waals surface area contributed by atoms with Crippen molar-refractivity contribution in [2.45, 2.75) is 26.4 Å². The van der Waals surface area contributed by atoms with Crippen LogP contribution in [0.2, 0.25) is 0 Å². The SMILES string of the molecule is CCNc1cc(NCC2CCOCC2)nc(COC)n1. The van der Waals surface area contributed by atoms with Crippen molar-refractivity contribution in [3.8, 4) is 0 Å². The van der Waals surface area contributed by atoms with Crippen LogP contribution in [0.4, 0.5) is 11.6 Å². The number of nitrogens with zero attached hydrogens (tertiary/aromatic N) is 2. The van der Waals surface area contributed by atoms with Crippen LogP contribution in [-0.4, -0.2) is 43.4 Å². The molecule has 20 heavy (non-hydrogen) atoms. The Morgan fingerprint density at radius 1 is 1.25 bits per heavy atom. The standard InChI is InChI=1S/C14H24N4O2/c1-3-15-12-8-13(18-14(17-12)10-19-2)16-9-11-4-6-20-7-5-11/h8,11H,3-7,9-10H2,1-2H3,(H2,15,16,17,18). The van der Waals surface area contributed by atoms with Gasteiger partial charge >= 0.3 is 0 Å². The van der Waals surface area contributed by atoms with Crippen molar-refractivity contribution in [2.75, 3.05) is 44.0 Å². The molecule has 0 atom stereocenters. The molecule has 1 fully saturated rings. The monoisotopic (exact) mass is 280 g/mol. The topological polar surface area (TPSA) is 68.3 Å². The average Bonchev–Trinajstić information content (AvgIpc) is 2.47. The fraction of sp³-hybridized carbons (Fsp3) is 0.714. The largest absolute Gasteiger partial charge is 0.381 e. The Morgan fingerprint density at radius 2 is 1.95 bits per heavy atom. The fourth-order valence-electron chi connectivity index (χ4n) is 2.25. The molecule has 1 aromatic heterocycles. The third-order valence-electron chi connectivity index (χ3n) is 3.32. The van der Waals surface area contributed by atoms with Crippen molar-refractivity contribution in [1.29, 1.82) is 0 Å². The minimum atomic E-state index is 0.422. The molecule has 0 unspecified atom stereocenters. The quantitative estimate of drug-likeness (QED) is 0.795. The summed E-state index contributed by atoms with van der Waals surface area (Å²) in [7, 11) is 1.65. The van der Waals surface area contributed by atoms with Gasteiger partial charge in [0.2, 0.25) is 0 Å². The van der Waals surface area contributed by atoms with E-state index < -0.39 is 0 Å². The second-order valence-electron chi connectivity index (χ2n) is 4.95. The number of aromatic nitrogens is 2. The molecule has 6 heteroatoms. The molecule has 1 aromatic rings. The van der Waals surface area contributed by atoms with Crippen LogP contribution in [0.15, 0.2) is 6.07 Å². The highest BCUT2D eigenvalue weighted by molar-refractivity contribution is 5.47. The van der Waals surface area contributed by atoms with E-state index in [1.54, 1.807) is 7.11 Å². The van der Waals surface area contributed by atoms with Crippen molar-refractivity contribution in [3.63, 3.8) is 0 Å². The summed E-state index contributed by atoms with van der Waals surface area (Å²) in [5.41, 5.74) is 0. The Hall–Kier alpha value is -1.40. The first-order valence-electron chi connectivity index (χ1n) is 7.24. The van der Waals surface area contributed by atoms with Gasteiger partial charge in [0.15, 0.2) is 5.82 Å². The number of hydrogen-bond acceptors (Lipinski definition) is 6. The van der Waals surface area contributed by atoms with Crippen LogP contribution in [0.1, 0.15) is 25.6 Å². The van der Waals surface area contributed by atoms with Crippen LogP contribution in [-0.2, 0) is 16.1 Å². The molecule has 0 amide bonds. The van der Waals surface area contributed by atoms with E-state index in [2.05, 4.69) is 20.6 Å². The van der Waals surface area contributed by atoms with E-state index in [1.807, 2.05) is 13.0 Å². The fourth-order valence-corrected chi connectivity index (χ4v) is 2.25. The lowest BCUT2D eigenvalue weighted by molar-refractivity contribution is 0.0699. The molecule has 0 saturated carbocycles. The lowest BCUT2D eigenvalue weighted by Gasteiger charge is -2.22. The summed E-state index contributed by atoms with van der Waals surface area (Å²) in [4.78, 5) is 8.87. The second-order valence-corrected chi connectivity index (χ2v) is 4.95. The molecule has 2 rings (SSSR count). The predicted octanol–water partition coefficient (Wildman–Crippen LogP) is 1.89. The number of rotatable bonds is 7. The molecular formula is C14H24N4O2. The highest BCUT2D eigenvalue weighted by Gasteiger charge is 2.14. The second kappa shape index (κ2) is 8.01. The van der Waals surface area contributed by atoms with Gasteiger partial charge < -0.3 is 20.1 Å². The summed E-state index contributed by atoms with van der Waals surface area (Å²) in [6.07, 6.45) is 2.23. The maximum atomic E-state index is 5.37. The Balaban J connectivity index is 1.97. The van der Waals surface area contributed by atoms with Gasteiger partial charge in [-0.3, -0.25) is 0 Å². The first-order valence-corrected chi connectivity index (χ1v) is 7.24. The molecule has 0 bridgehead atoms. The van der Waals surface area contributed by atoms with Gasteiger partial charge in [0.1, 0.15) is 18.2 Å². The number of ether oxygens (including phenoxy) is 2. The lowest BCUT2D eigenvalue weighted by Crippen LogP contribution is -2.23. The number of methoxy groups -OCH3 is 1. The summed E-state index contributed by atoms with van der Waals surface area (Å²) < 4.78 is 10.5. The Morgan fingerprint density at radius 3 is 2.60 bits per heavy atom. The summed E-state index contributed by atoms with van der Waals surface area (Å²) in [5, 5.41) is 6.63. The zero-order valence-corrected chi connectivity index (χ0v) is 12.3. The van der Waals surface area contributed by atoms with Crippen molar-refractivity contribution < 1.29 is 9.47 Å². The van der Waals surface area contributed by atoms with Gasteiger partial charge in [-0.25, -0.2) is 9.97 Å². The molecule has 6 nitrogen and oxygen atoms in total. The van der Waals surface area contributed by atoms with Gasteiger partial charge in [-0.05, 0) is 25.7 Å². The van der Waals surface area contributed by atoms with E-state index in [9.17, 15) is 0 Å². The number of anilines is 2. The maximum absolute atomic E-state index is 5.37. The van der Waals surface area contributed by atoms with E-state index in [-0.39, 0.29) is 0 Å². The molecular weight excluding hydrogens is 256 g/mol. The van der Waals surface area contributed by atoms with Gasteiger partial charge in [-0.2, -0.15) is 0 Å². The number of nitrogens with one attached hydrogen (secondary N) is 2. The van der Waals surface area contributed by atoms with E-state index in [0.29, 0.717) is 18.3 Å². The molecule has 1 saturated heterocycles. The Kier molecular flexibility index (Phi) is 6.01. The lowest BCUT2D eigenvalue weighted by atomic mass is 10.0. The molecule has 1 aliphatic rings. The van der Waals surface area contributed by atoms with Gasteiger partial charge in [-0.15, -0.1) is 0 Å². The third-order valence-corrected chi connectivity index (χ3v) is 3.32. The maximum Gasteiger partial charge on any atom is 0.158 e. The van der Waals surface area contributed by atoms with E-state index in [4.69, 9.17) is 9.47 Å². The van der Waals surface area contributed by atoms with Crippen LogP contribution < -0.4 is 10.6 Å². The van der Waals surface area contributed by atoms with Crippen molar-refractivity contribution in [2.24, 2.45) is 5.92 Å². The first kappa shape index (κ1) is 15.0. The summed E-state index contributed by atoms with van der Waals surface area (Å²) >= 11 is 0. The molecule has 1 aliphatic heterocycles. The zero-order chi connectivity index (χ0) is 14.2. The van der Waals surface area contributed by atoms with Gasteiger partial charge in [0.05, 0.1) is 0 Å². The normalized spacial score (nSPS) is 16.1. The molecule has 2 N–H and O–H groups in total. The molecule has 0 radical (unpaired) electrons. The van der Waals surface area contributed by atoms with E-state index >= 15 is 0 Å². The van der Waals surface area contributed by atoms with Crippen LogP contribution in [0.5, 0.6) is 0 Å². The zero-order valence-electron chi connectivity index (χ0n) is 12.3. The Labute approximate surface area is 120 Å². The highest BCUT2D eigenvalue weighted by Crippen LogP contribution is 2.17. The summed E-state index contributed by atoms with van der Waals surface area (Å²) in [6.45, 7) is 5.97. The van der Waals surface area contributed by atoms with Crippen LogP contribution in [0.25, 0.3) is 0 Å². The molecule has 0 spiro atoms. The minimum Gasteiger partial charge on any atom is -0.381 e. The van der Waals surface area contributed by atoms with Gasteiger partial charge in [0.25, 0.3) is 0 Å². The van der Waals surface area contributed by atoms with Crippen molar-refractivity contribution >= 4 is 11.6 Å². The van der Waals surface area contributed by atoms with Gasteiger partial charge in [-0.1, -0.05) is 0 Å². The van der Waals surface area contributed by atoms with Crippen LogP contribution >= 0.6 is 0 Å². The smallest absolute Gasteiger partial charge is 0.158 e. The number of hydrogen-bond donors (Lipinski definition) is 2. The van der Waals surface area contributed by atoms with E-state index in [1.165, 1.54) is 0 Å². The molecule has 0 aliphatic carbocycles. The average molecular weight is 280 g/mol. The molecule has 112 valence electrons.